The predicted molar refractivity (Wildman–Crippen MR) is 336 cm³/mol. The molecule has 3 aliphatic rings. The van der Waals surface area contributed by atoms with Gasteiger partial charge < -0.3 is 0 Å². The lowest BCUT2D eigenvalue weighted by molar-refractivity contribution is 0.209. The zero-order valence-electron chi connectivity index (χ0n) is 55.0. The van der Waals surface area contributed by atoms with Gasteiger partial charge in [0.2, 0.25) is 0 Å². The normalized spacial score (nSPS) is 34.5. The van der Waals surface area contributed by atoms with Crippen LogP contribution >= 0.6 is 0 Å². The molecule has 0 amide bonds. The molecule has 0 heterocycles. The summed E-state index contributed by atoms with van der Waals surface area (Å²) >= 11 is 0. The van der Waals surface area contributed by atoms with Crippen molar-refractivity contribution in [1.29, 1.82) is 0 Å². The van der Waals surface area contributed by atoms with Gasteiger partial charge in [0, 0.05) is 0 Å². The van der Waals surface area contributed by atoms with Crippen LogP contribution < -0.4 is 0 Å². The quantitative estimate of drug-likeness (QED) is 0.183. The van der Waals surface area contributed by atoms with E-state index in [4.69, 9.17) is 0 Å². The molecule has 0 aromatic heterocycles. The first-order valence-corrected chi connectivity index (χ1v) is 34.3. The van der Waals surface area contributed by atoms with Gasteiger partial charge in [-0.1, -0.05) is 229 Å². The molecular weight excluding hydrogens is 877 g/mol. The molecule has 0 spiro atoms. The number of hydrogen-bond acceptors (Lipinski definition) is 0. The van der Waals surface area contributed by atoms with E-state index >= 15 is 0 Å². The fourth-order valence-corrected chi connectivity index (χ4v) is 15.5. The molecule has 438 valence electrons. The highest BCUT2D eigenvalue weighted by Gasteiger charge is 2.27. The number of hydrogen-bond donors (Lipinski definition) is 0. The smallest absolute Gasteiger partial charge is 0.0407 e. The van der Waals surface area contributed by atoms with Crippen molar-refractivity contribution in [3.05, 3.63) is 0 Å². The van der Waals surface area contributed by atoms with Crippen LogP contribution in [0, 0.1) is 124 Å². The fourth-order valence-electron chi connectivity index (χ4n) is 15.5. The van der Waals surface area contributed by atoms with Crippen LogP contribution in [0.3, 0.4) is 0 Å². The molecule has 0 aliphatic heterocycles. The van der Waals surface area contributed by atoms with E-state index in [1.165, 1.54) is 199 Å². The summed E-state index contributed by atoms with van der Waals surface area (Å²) in [6, 6.07) is 0. The molecule has 0 saturated heterocycles. The Morgan fingerprint density at radius 2 is 0.301 bits per heavy atom. The molecule has 3 fully saturated rings. The summed E-state index contributed by atoms with van der Waals surface area (Å²) in [6.45, 7) is 53.6. The van der Waals surface area contributed by atoms with Crippen molar-refractivity contribution in [2.75, 3.05) is 0 Å². The standard InChI is InChI=1S/C66H132.C4H8.C3H6/c1-46(2)28-61-34-52(13)22-23-53(14)36-63(30-48(5)6)42-59(20)43-65(32-50(9)10)38-56(17)26-27-57(18)39-66(33-51(11)12)45-60(21)44-64(31-49(7)8)37-55(16)25-24-54(15)35-62(29-47(3)4)41-58(19)40-61;1-2-4-3-1;1-2-3-1/h46-66H,22-45H2,1-21H3;1-4H2;1-3H2. The van der Waals surface area contributed by atoms with Crippen LogP contribution in [0.4, 0.5) is 0 Å². The Morgan fingerprint density at radius 3 is 0.397 bits per heavy atom. The van der Waals surface area contributed by atoms with E-state index < -0.39 is 0 Å². The molecule has 12 unspecified atom stereocenters. The maximum absolute atomic E-state index is 2.65. The van der Waals surface area contributed by atoms with Crippen LogP contribution in [0.25, 0.3) is 0 Å². The van der Waals surface area contributed by atoms with Crippen molar-refractivity contribution in [3.63, 3.8) is 0 Å². The van der Waals surface area contributed by atoms with Gasteiger partial charge in [-0.25, -0.2) is 0 Å². The lowest BCUT2D eigenvalue weighted by atomic mass is 9.75. The summed E-state index contributed by atoms with van der Waals surface area (Å²) in [5, 5.41) is 0. The molecule has 0 heteroatoms. The summed E-state index contributed by atoms with van der Waals surface area (Å²) in [4.78, 5) is 0. The summed E-state index contributed by atoms with van der Waals surface area (Å²) in [5.41, 5.74) is 0. The van der Waals surface area contributed by atoms with Gasteiger partial charge in [0.05, 0.1) is 0 Å². The lowest BCUT2D eigenvalue weighted by Gasteiger charge is -2.31. The van der Waals surface area contributed by atoms with Gasteiger partial charge in [0.25, 0.3) is 0 Å². The van der Waals surface area contributed by atoms with Gasteiger partial charge in [-0.05, 0) is 240 Å². The van der Waals surface area contributed by atoms with Gasteiger partial charge in [-0.2, -0.15) is 0 Å². The average molecular weight is 1020 g/mol. The number of rotatable bonds is 12. The van der Waals surface area contributed by atoms with E-state index in [-0.39, 0.29) is 0 Å². The minimum absolute atomic E-state index is 0.805. The van der Waals surface area contributed by atoms with Crippen LogP contribution in [-0.4, -0.2) is 0 Å². The van der Waals surface area contributed by atoms with Crippen molar-refractivity contribution in [1.82, 2.24) is 0 Å². The maximum atomic E-state index is 2.65. The second-order valence-electron chi connectivity index (χ2n) is 32.0. The van der Waals surface area contributed by atoms with Crippen molar-refractivity contribution < 1.29 is 0 Å². The molecular formula is C73H146. The molecule has 0 N–H and O–H groups in total. The Bertz CT molecular complexity index is 986. The van der Waals surface area contributed by atoms with E-state index in [1.807, 2.05) is 0 Å². The van der Waals surface area contributed by atoms with Crippen molar-refractivity contribution in [3.8, 4) is 0 Å². The summed E-state index contributed by atoms with van der Waals surface area (Å²) in [6.07, 6.45) is 45.1. The first kappa shape index (κ1) is 71.0. The minimum Gasteiger partial charge on any atom is -0.0628 e. The van der Waals surface area contributed by atoms with Gasteiger partial charge in [0.1, 0.15) is 0 Å². The summed E-state index contributed by atoms with van der Waals surface area (Å²) in [5.74, 6) is 17.8. The molecule has 3 saturated carbocycles. The molecule has 3 aliphatic carbocycles. The zero-order chi connectivity index (χ0) is 55.0. The summed E-state index contributed by atoms with van der Waals surface area (Å²) < 4.78 is 0. The second-order valence-corrected chi connectivity index (χ2v) is 32.0. The van der Waals surface area contributed by atoms with Crippen LogP contribution in [0.2, 0.25) is 0 Å². The topological polar surface area (TPSA) is 0 Å². The van der Waals surface area contributed by atoms with Crippen LogP contribution in [0.15, 0.2) is 0 Å². The largest absolute Gasteiger partial charge is 0.0628 e. The second kappa shape index (κ2) is 41.1. The molecule has 12 atom stereocenters. The van der Waals surface area contributed by atoms with Crippen LogP contribution in [0.1, 0.15) is 344 Å². The van der Waals surface area contributed by atoms with E-state index in [9.17, 15) is 0 Å². The highest BCUT2D eigenvalue weighted by atomic mass is 14.3. The van der Waals surface area contributed by atoms with E-state index in [2.05, 4.69) is 145 Å². The maximum Gasteiger partial charge on any atom is -0.0407 e. The Labute approximate surface area is 466 Å². The molecule has 0 nitrogen and oxygen atoms in total. The van der Waals surface area contributed by atoms with E-state index in [0.717, 1.165) is 124 Å². The Balaban J connectivity index is 0.00000348. The molecule has 0 aromatic rings. The molecule has 0 radical (unpaired) electrons. The molecule has 0 bridgehead atoms. The third-order valence-electron chi connectivity index (χ3n) is 18.5. The Hall–Kier alpha value is 0. The van der Waals surface area contributed by atoms with Crippen molar-refractivity contribution in [2.45, 2.75) is 344 Å². The monoisotopic (exact) mass is 1020 g/mol. The third kappa shape index (κ3) is 41.7. The highest BCUT2D eigenvalue weighted by molar-refractivity contribution is 4.79. The molecule has 3 rings (SSSR count). The average Bonchev–Trinajstić information content (AvgIpc) is 4.09. The van der Waals surface area contributed by atoms with Gasteiger partial charge in [-0.15, -0.1) is 0 Å². The van der Waals surface area contributed by atoms with Crippen LogP contribution in [-0.2, 0) is 0 Å². The van der Waals surface area contributed by atoms with E-state index in [1.54, 1.807) is 0 Å². The fraction of sp³-hybridized carbons (Fsp3) is 1.00. The van der Waals surface area contributed by atoms with E-state index in [0.29, 0.717) is 0 Å². The third-order valence-corrected chi connectivity index (χ3v) is 18.5. The highest BCUT2D eigenvalue weighted by Crippen LogP contribution is 2.40. The summed E-state index contributed by atoms with van der Waals surface area (Å²) in [7, 11) is 0. The van der Waals surface area contributed by atoms with Gasteiger partial charge in [-0.3, -0.25) is 0 Å². The van der Waals surface area contributed by atoms with Crippen LogP contribution in [0.5, 0.6) is 0 Å². The first-order valence-electron chi connectivity index (χ1n) is 34.3. The predicted octanol–water partition coefficient (Wildman–Crippen LogP) is 25.5. The van der Waals surface area contributed by atoms with Gasteiger partial charge in [0.15, 0.2) is 0 Å². The SMILES string of the molecule is C1CC1.C1CCC1.CC(C)CC1CC(C)CCC(C)CC(CC(C)C)CC(C)CC(CC(C)C)CC(C)CCC(C)CC(CC(C)C)CC(C)CC(CC(C)C)CC(C)CCC(C)CC(CC(C)C)CC(C)C1. The Morgan fingerprint density at radius 1 is 0.192 bits per heavy atom. The molecule has 0 aromatic carbocycles. The first-order chi connectivity index (χ1) is 34.3. The Kier molecular flexibility index (Phi) is 40.0. The van der Waals surface area contributed by atoms with Crippen molar-refractivity contribution >= 4 is 0 Å². The minimum atomic E-state index is 0.805. The van der Waals surface area contributed by atoms with Gasteiger partial charge >= 0.3 is 0 Å². The zero-order valence-corrected chi connectivity index (χ0v) is 55.0. The lowest BCUT2D eigenvalue weighted by Crippen LogP contribution is -2.19. The van der Waals surface area contributed by atoms with Crippen molar-refractivity contribution in [2.24, 2.45) is 124 Å². The molecule has 73 heavy (non-hydrogen) atoms.